The number of aryl methyl sites for hydroxylation is 1. The maximum Gasteiger partial charge on any atom is 0.191 e. The molecule has 0 spiro atoms. The van der Waals surface area contributed by atoms with E-state index in [9.17, 15) is 0 Å². The van der Waals surface area contributed by atoms with Crippen molar-refractivity contribution in [2.24, 2.45) is 4.99 Å². The third-order valence-electron chi connectivity index (χ3n) is 5.19. The van der Waals surface area contributed by atoms with Crippen LogP contribution in [0.1, 0.15) is 30.0 Å². The SMILES string of the molecule is CCNC(=NCc1ccnc(-n2ccnc2)c1)NCc1ccc(C)cc1OC1CCOC1.I. The molecule has 3 heterocycles. The van der Waals surface area contributed by atoms with E-state index >= 15 is 0 Å². The van der Waals surface area contributed by atoms with Crippen molar-refractivity contribution < 1.29 is 9.47 Å². The van der Waals surface area contributed by atoms with Crippen LogP contribution in [-0.2, 0) is 17.8 Å². The van der Waals surface area contributed by atoms with Crippen molar-refractivity contribution in [1.29, 1.82) is 0 Å². The van der Waals surface area contributed by atoms with Gasteiger partial charge in [-0.3, -0.25) is 4.57 Å². The molecule has 8 nitrogen and oxygen atoms in total. The molecule has 0 amide bonds. The molecule has 3 aromatic rings. The number of benzene rings is 1. The molecular weight excluding hydrogens is 531 g/mol. The summed E-state index contributed by atoms with van der Waals surface area (Å²) in [6.45, 7) is 7.48. The van der Waals surface area contributed by atoms with Gasteiger partial charge in [0.15, 0.2) is 5.96 Å². The summed E-state index contributed by atoms with van der Waals surface area (Å²) in [5, 5.41) is 6.75. The van der Waals surface area contributed by atoms with Crippen LogP contribution in [0.15, 0.2) is 60.2 Å². The fraction of sp³-hybridized carbons (Fsp3) is 0.375. The van der Waals surface area contributed by atoms with Gasteiger partial charge in [0.25, 0.3) is 0 Å². The number of aromatic nitrogens is 3. The van der Waals surface area contributed by atoms with Crippen molar-refractivity contribution in [3.05, 3.63) is 71.9 Å². The van der Waals surface area contributed by atoms with Crippen LogP contribution < -0.4 is 15.4 Å². The topological polar surface area (TPSA) is 85.6 Å². The van der Waals surface area contributed by atoms with Gasteiger partial charge in [-0.15, -0.1) is 24.0 Å². The van der Waals surface area contributed by atoms with Gasteiger partial charge in [0, 0.05) is 43.7 Å². The van der Waals surface area contributed by atoms with Gasteiger partial charge in [-0.05, 0) is 43.2 Å². The zero-order valence-corrected chi connectivity index (χ0v) is 21.4. The summed E-state index contributed by atoms with van der Waals surface area (Å²) in [5.74, 6) is 2.48. The summed E-state index contributed by atoms with van der Waals surface area (Å²) in [7, 11) is 0. The summed E-state index contributed by atoms with van der Waals surface area (Å²) in [4.78, 5) is 13.2. The minimum absolute atomic E-state index is 0. The Morgan fingerprint density at radius 1 is 1.24 bits per heavy atom. The number of imidazole rings is 1. The highest BCUT2D eigenvalue weighted by atomic mass is 127. The van der Waals surface area contributed by atoms with Crippen molar-refractivity contribution in [2.45, 2.75) is 39.5 Å². The molecule has 1 atom stereocenters. The molecule has 1 saturated heterocycles. The van der Waals surface area contributed by atoms with E-state index in [1.165, 1.54) is 5.56 Å². The van der Waals surface area contributed by atoms with Crippen LogP contribution in [0.5, 0.6) is 5.75 Å². The number of rotatable bonds is 8. The Bertz CT molecular complexity index is 1040. The Kier molecular flexibility index (Phi) is 9.49. The predicted molar refractivity (Wildman–Crippen MR) is 139 cm³/mol. The molecule has 0 radical (unpaired) electrons. The van der Waals surface area contributed by atoms with E-state index in [1.54, 1.807) is 18.7 Å². The number of nitrogens with zero attached hydrogens (tertiary/aromatic N) is 4. The summed E-state index contributed by atoms with van der Waals surface area (Å²) in [6, 6.07) is 10.3. The minimum Gasteiger partial charge on any atom is -0.488 e. The van der Waals surface area contributed by atoms with Crippen LogP contribution in [0.2, 0.25) is 0 Å². The molecule has 33 heavy (non-hydrogen) atoms. The van der Waals surface area contributed by atoms with E-state index in [0.717, 1.165) is 48.2 Å². The molecule has 1 aromatic carbocycles. The molecule has 0 bridgehead atoms. The van der Waals surface area contributed by atoms with Crippen LogP contribution >= 0.6 is 24.0 Å². The molecule has 1 aliphatic heterocycles. The maximum absolute atomic E-state index is 6.22. The number of pyridine rings is 1. The van der Waals surface area contributed by atoms with E-state index < -0.39 is 0 Å². The normalized spacial score (nSPS) is 15.7. The van der Waals surface area contributed by atoms with E-state index in [1.807, 2.05) is 22.9 Å². The van der Waals surface area contributed by atoms with Gasteiger partial charge in [0.2, 0.25) is 0 Å². The van der Waals surface area contributed by atoms with Gasteiger partial charge >= 0.3 is 0 Å². The van der Waals surface area contributed by atoms with Crippen molar-refractivity contribution in [2.75, 3.05) is 19.8 Å². The van der Waals surface area contributed by atoms with Crippen molar-refractivity contribution >= 4 is 29.9 Å². The largest absolute Gasteiger partial charge is 0.488 e. The number of hydrogen-bond donors (Lipinski definition) is 2. The van der Waals surface area contributed by atoms with Crippen LogP contribution in [0, 0.1) is 6.92 Å². The lowest BCUT2D eigenvalue weighted by Crippen LogP contribution is -2.37. The molecule has 4 rings (SSSR count). The van der Waals surface area contributed by atoms with E-state index in [-0.39, 0.29) is 30.1 Å². The Balaban J connectivity index is 0.00000306. The lowest BCUT2D eigenvalue weighted by molar-refractivity contribution is 0.140. The Morgan fingerprint density at radius 3 is 2.91 bits per heavy atom. The van der Waals surface area contributed by atoms with Crippen LogP contribution in [0.4, 0.5) is 0 Å². The Labute approximate surface area is 211 Å². The molecular formula is C24H31IN6O2. The number of halogens is 1. The lowest BCUT2D eigenvalue weighted by Gasteiger charge is -2.18. The first-order chi connectivity index (χ1) is 15.7. The van der Waals surface area contributed by atoms with Gasteiger partial charge in [-0.25, -0.2) is 15.0 Å². The zero-order valence-electron chi connectivity index (χ0n) is 19.0. The van der Waals surface area contributed by atoms with Crippen LogP contribution in [0.25, 0.3) is 5.82 Å². The predicted octanol–water partition coefficient (Wildman–Crippen LogP) is 3.62. The summed E-state index contributed by atoms with van der Waals surface area (Å²) in [5.41, 5.74) is 3.34. The molecule has 9 heteroatoms. The van der Waals surface area contributed by atoms with E-state index in [4.69, 9.17) is 14.5 Å². The molecule has 1 aliphatic rings. The standard InChI is InChI=1S/C24H30N6O2.HI/c1-3-26-24(28-14-19-6-8-27-23(13-19)30-10-9-25-17-30)29-15-20-5-4-18(2)12-22(20)32-21-7-11-31-16-21;/h4-6,8-10,12-13,17,21H,3,7,11,14-16H2,1-2H3,(H2,26,28,29);1H. The Morgan fingerprint density at radius 2 is 2.15 bits per heavy atom. The number of ether oxygens (including phenoxy) is 2. The number of hydrogen-bond acceptors (Lipinski definition) is 5. The summed E-state index contributed by atoms with van der Waals surface area (Å²) in [6.07, 6.45) is 8.19. The minimum atomic E-state index is 0. The zero-order chi connectivity index (χ0) is 22.2. The molecule has 1 unspecified atom stereocenters. The van der Waals surface area contributed by atoms with Crippen LogP contribution in [0.3, 0.4) is 0 Å². The second-order valence-corrected chi connectivity index (χ2v) is 7.76. The van der Waals surface area contributed by atoms with Crippen molar-refractivity contribution in [3.63, 3.8) is 0 Å². The van der Waals surface area contributed by atoms with Gasteiger partial charge in [0.1, 0.15) is 24.0 Å². The summed E-state index contributed by atoms with van der Waals surface area (Å²) < 4.78 is 13.6. The van der Waals surface area contributed by atoms with Gasteiger partial charge < -0.3 is 20.1 Å². The average molecular weight is 562 g/mol. The number of nitrogens with one attached hydrogen (secondary N) is 2. The smallest absolute Gasteiger partial charge is 0.191 e. The highest BCUT2D eigenvalue weighted by molar-refractivity contribution is 14.0. The van der Waals surface area contributed by atoms with Crippen molar-refractivity contribution in [3.8, 4) is 11.6 Å². The molecule has 0 aliphatic carbocycles. The molecule has 2 N–H and O–H groups in total. The monoisotopic (exact) mass is 562 g/mol. The highest BCUT2D eigenvalue weighted by Crippen LogP contribution is 2.23. The number of guanidine groups is 1. The fourth-order valence-electron chi connectivity index (χ4n) is 3.49. The first kappa shape index (κ1) is 25.0. The summed E-state index contributed by atoms with van der Waals surface area (Å²) >= 11 is 0. The molecule has 1 fully saturated rings. The quantitative estimate of drug-likeness (QED) is 0.248. The van der Waals surface area contributed by atoms with E-state index in [0.29, 0.717) is 19.7 Å². The van der Waals surface area contributed by atoms with Gasteiger partial charge in [-0.1, -0.05) is 12.1 Å². The molecule has 2 aromatic heterocycles. The fourth-order valence-corrected chi connectivity index (χ4v) is 3.49. The second kappa shape index (κ2) is 12.5. The average Bonchev–Trinajstić information content (AvgIpc) is 3.51. The lowest BCUT2D eigenvalue weighted by atomic mass is 10.1. The molecule has 176 valence electrons. The van der Waals surface area contributed by atoms with Crippen molar-refractivity contribution in [1.82, 2.24) is 25.2 Å². The third kappa shape index (κ3) is 7.16. The van der Waals surface area contributed by atoms with Gasteiger partial charge in [-0.2, -0.15) is 0 Å². The third-order valence-corrected chi connectivity index (χ3v) is 5.19. The Hall–Kier alpha value is -2.66. The number of aliphatic imine (C=N–C) groups is 1. The van der Waals surface area contributed by atoms with Crippen LogP contribution in [-0.4, -0.2) is 46.4 Å². The second-order valence-electron chi connectivity index (χ2n) is 7.76. The first-order valence-corrected chi connectivity index (χ1v) is 11.0. The maximum atomic E-state index is 6.22. The first-order valence-electron chi connectivity index (χ1n) is 11.0. The van der Waals surface area contributed by atoms with Gasteiger partial charge in [0.05, 0.1) is 19.8 Å². The molecule has 0 saturated carbocycles. The highest BCUT2D eigenvalue weighted by Gasteiger charge is 2.18. The van der Waals surface area contributed by atoms with E-state index in [2.05, 4.69) is 52.6 Å².